The van der Waals surface area contributed by atoms with Crippen LogP contribution in [-0.4, -0.2) is 30.6 Å². The van der Waals surface area contributed by atoms with Crippen molar-refractivity contribution in [1.82, 2.24) is 5.32 Å². The number of halogens is 1. The van der Waals surface area contributed by atoms with E-state index in [0.717, 1.165) is 0 Å². The van der Waals surface area contributed by atoms with Crippen LogP contribution in [0.25, 0.3) is 0 Å². The van der Waals surface area contributed by atoms with Crippen molar-refractivity contribution in [3.8, 4) is 0 Å². The molecule has 5 nitrogen and oxygen atoms in total. The molecule has 0 bridgehead atoms. The fraction of sp³-hybridized carbons (Fsp3) is 0.167. The zero-order valence-electron chi connectivity index (χ0n) is 9.74. The normalized spacial score (nSPS) is 10.6. The van der Waals surface area contributed by atoms with Crippen molar-refractivity contribution in [2.75, 3.05) is 18.9 Å². The molecule has 6 heteroatoms. The highest BCUT2D eigenvalue weighted by atomic mass is 79.9. The Labute approximate surface area is 113 Å². The van der Waals surface area contributed by atoms with Gasteiger partial charge in [0.1, 0.15) is 0 Å². The molecule has 18 heavy (non-hydrogen) atoms. The van der Waals surface area contributed by atoms with Crippen LogP contribution in [-0.2, 0) is 4.79 Å². The summed E-state index contributed by atoms with van der Waals surface area (Å²) in [5.41, 5.74) is 0.310. The van der Waals surface area contributed by atoms with Gasteiger partial charge in [-0.1, -0.05) is 22.0 Å². The number of anilines is 1. The van der Waals surface area contributed by atoms with Gasteiger partial charge in [-0.2, -0.15) is 0 Å². The largest absolute Gasteiger partial charge is 0.478 e. The van der Waals surface area contributed by atoms with Crippen LogP contribution in [0.3, 0.4) is 0 Å². The molecule has 1 amide bonds. The van der Waals surface area contributed by atoms with Crippen molar-refractivity contribution in [3.63, 3.8) is 0 Å². The van der Waals surface area contributed by atoms with E-state index in [9.17, 15) is 9.59 Å². The summed E-state index contributed by atoms with van der Waals surface area (Å²) < 4.78 is 0.642. The van der Waals surface area contributed by atoms with Gasteiger partial charge < -0.3 is 15.7 Å². The molecule has 3 N–H and O–H groups in total. The topological polar surface area (TPSA) is 78.4 Å². The standard InChI is InChI=1S/C12H13BrN2O3/c1-14-6-2-3-11(16)15-10-5-4-8(13)7-9(10)12(17)18/h2-5,7,14H,6H2,1H3,(H,15,16)(H,17,18)/b3-2+. The molecule has 0 fully saturated rings. The third-order valence-electron chi connectivity index (χ3n) is 2.06. The highest BCUT2D eigenvalue weighted by Crippen LogP contribution is 2.21. The van der Waals surface area contributed by atoms with E-state index in [-0.39, 0.29) is 17.2 Å². The molecular weight excluding hydrogens is 300 g/mol. The van der Waals surface area contributed by atoms with Gasteiger partial charge in [0.2, 0.25) is 5.91 Å². The molecular formula is C12H13BrN2O3. The summed E-state index contributed by atoms with van der Waals surface area (Å²) in [6.45, 7) is 0.569. The molecule has 0 unspecified atom stereocenters. The van der Waals surface area contributed by atoms with E-state index in [1.165, 1.54) is 18.2 Å². The summed E-state index contributed by atoms with van der Waals surface area (Å²) in [6, 6.07) is 4.64. The molecule has 1 rings (SSSR count). The number of carbonyl (C=O) groups is 2. The summed E-state index contributed by atoms with van der Waals surface area (Å²) in [5.74, 6) is -1.46. The fourth-order valence-electron chi connectivity index (χ4n) is 1.26. The van der Waals surface area contributed by atoms with Gasteiger partial charge >= 0.3 is 5.97 Å². The van der Waals surface area contributed by atoms with E-state index in [4.69, 9.17) is 5.11 Å². The van der Waals surface area contributed by atoms with Crippen LogP contribution in [0.2, 0.25) is 0 Å². The van der Waals surface area contributed by atoms with E-state index >= 15 is 0 Å². The molecule has 1 aromatic carbocycles. The summed E-state index contributed by atoms with van der Waals surface area (Å²) >= 11 is 3.18. The molecule has 0 saturated carbocycles. The lowest BCUT2D eigenvalue weighted by atomic mass is 10.2. The molecule has 0 aliphatic rings. The van der Waals surface area contributed by atoms with Gasteiger partial charge in [0.15, 0.2) is 0 Å². The average Bonchev–Trinajstić information content (AvgIpc) is 2.31. The second kappa shape index (κ2) is 6.93. The number of carboxylic acids is 1. The quantitative estimate of drug-likeness (QED) is 0.725. The predicted octanol–water partition coefficient (Wildman–Crippen LogP) is 1.86. The SMILES string of the molecule is CNC/C=C/C(=O)Nc1ccc(Br)cc1C(=O)O. The number of nitrogens with one attached hydrogen (secondary N) is 2. The van der Waals surface area contributed by atoms with Crippen molar-refractivity contribution >= 4 is 33.5 Å². The van der Waals surface area contributed by atoms with Gasteiger partial charge in [0, 0.05) is 17.1 Å². The Morgan fingerprint density at radius 2 is 2.17 bits per heavy atom. The Kier molecular flexibility index (Phi) is 5.54. The number of carboxylic acid groups (broad SMARTS) is 1. The second-order valence-electron chi connectivity index (χ2n) is 3.44. The van der Waals surface area contributed by atoms with Crippen molar-refractivity contribution in [2.24, 2.45) is 0 Å². The minimum Gasteiger partial charge on any atom is -0.478 e. The molecule has 0 radical (unpaired) electrons. The van der Waals surface area contributed by atoms with Crippen LogP contribution in [0.4, 0.5) is 5.69 Å². The van der Waals surface area contributed by atoms with Crippen molar-refractivity contribution in [3.05, 3.63) is 40.4 Å². The lowest BCUT2D eigenvalue weighted by Crippen LogP contribution is -2.13. The molecule has 1 aromatic rings. The molecule has 0 aliphatic carbocycles. The molecule has 96 valence electrons. The first kappa shape index (κ1) is 14.4. The van der Waals surface area contributed by atoms with Gasteiger partial charge in [-0.25, -0.2) is 4.79 Å². The van der Waals surface area contributed by atoms with Crippen molar-refractivity contribution in [2.45, 2.75) is 0 Å². The molecule has 0 atom stereocenters. The molecule has 0 heterocycles. The van der Waals surface area contributed by atoms with E-state index in [0.29, 0.717) is 11.0 Å². The number of benzene rings is 1. The smallest absolute Gasteiger partial charge is 0.337 e. The molecule has 0 aliphatic heterocycles. The zero-order chi connectivity index (χ0) is 13.5. The summed E-state index contributed by atoms with van der Waals surface area (Å²) in [4.78, 5) is 22.5. The first-order chi connectivity index (χ1) is 8.54. The Bertz CT molecular complexity index is 486. The Morgan fingerprint density at radius 1 is 1.44 bits per heavy atom. The van der Waals surface area contributed by atoms with Gasteiger partial charge in [0.05, 0.1) is 11.3 Å². The Morgan fingerprint density at radius 3 is 2.78 bits per heavy atom. The van der Waals surface area contributed by atoms with Gasteiger partial charge in [0.25, 0.3) is 0 Å². The van der Waals surface area contributed by atoms with Crippen LogP contribution < -0.4 is 10.6 Å². The highest BCUT2D eigenvalue weighted by Gasteiger charge is 2.11. The maximum atomic E-state index is 11.5. The minimum absolute atomic E-state index is 0.0414. The van der Waals surface area contributed by atoms with Gasteiger partial charge in [-0.05, 0) is 25.2 Å². The third-order valence-corrected chi connectivity index (χ3v) is 2.55. The fourth-order valence-corrected chi connectivity index (χ4v) is 1.62. The maximum Gasteiger partial charge on any atom is 0.337 e. The molecule has 0 spiro atoms. The number of amides is 1. The van der Waals surface area contributed by atoms with Crippen LogP contribution in [0.5, 0.6) is 0 Å². The molecule has 0 saturated heterocycles. The first-order valence-corrected chi connectivity index (χ1v) is 5.99. The van der Waals surface area contributed by atoms with Crippen molar-refractivity contribution in [1.29, 1.82) is 0 Å². The number of aromatic carboxylic acids is 1. The van der Waals surface area contributed by atoms with Crippen LogP contribution in [0.15, 0.2) is 34.8 Å². The number of carbonyl (C=O) groups excluding carboxylic acids is 1. The van der Waals surface area contributed by atoms with Crippen LogP contribution in [0.1, 0.15) is 10.4 Å². The number of hydrogen-bond donors (Lipinski definition) is 3. The Balaban J connectivity index is 2.84. The monoisotopic (exact) mass is 312 g/mol. The molecule has 0 aromatic heterocycles. The number of hydrogen-bond acceptors (Lipinski definition) is 3. The van der Waals surface area contributed by atoms with Gasteiger partial charge in [-0.3, -0.25) is 4.79 Å². The minimum atomic E-state index is -1.09. The Hall–Kier alpha value is -1.66. The highest BCUT2D eigenvalue weighted by molar-refractivity contribution is 9.10. The third kappa shape index (κ3) is 4.31. The maximum absolute atomic E-state index is 11.5. The van der Waals surface area contributed by atoms with Crippen LogP contribution in [0, 0.1) is 0 Å². The van der Waals surface area contributed by atoms with Crippen molar-refractivity contribution < 1.29 is 14.7 Å². The summed E-state index contributed by atoms with van der Waals surface area (Å²) in [6.07, 6.45) is 3.00. The zero-order valence-corrected chi connectivity index (χ0v) is 11.3. The average molecular weight is 313 g/mol. The lowest BCUT2D eigenvalue weighted by molar-refractivity contribution is -0.111. The van der Waals surface area contributed by atoms with E-state index in [1.54, 1.807) is 19.2 Å². The lowest BCUT2D eigenvalue weighted by Gasteiger charge is -2.06. The first-order valence-electron chi connectivity index (χ1n) is 5.19. The number of rotatable bonds is 5. The van der Waals surface area contributed by atoms with Crippen LogP contribution >= 0.6 is 15.9 Å². The van der Waals surface area contributed by atoms with Gasteiger partial charge in [-0.15, -0.1) is 0 Å². The predicted molar refractivity (Wildman–Crippen MR) is 72.8 cm³/mol. The van der Waals surface area contributed by atoms with E-state index < -0.39 is 5.97 Å². The summed E-state index contributed by atoms with van der Waals surface area (Å²) in [7, 11) is 1.76. The second-order valence-corrected chi connectivity index (χ2v) is 4.36. The summed E-state index contributed by atoms with van der Waals surface area (Å²) in [5, 5.41) is 14.4. The van der Waals surface area contributed by atoms with E-state index in [2.05, 4.69) is 26.6 Å². The van der Waals surface area contributed by atoms with E-state index in [1.807, 2.05) is 0 Å². The number of likely N-dealkylation sites (N-methyl/N-ethyl adjacent to an activating group) is 1.